The molecule has 2 aromatic rings. The number of benzene rings is 1. The second-order valence-corrected chi connectivity index (χ2v) is 5.52. The van der Waals surface area contributed by atoms with Gasteiger partial charge in [-0.05, 0) is 41.5 Å². The van der Waals surface area contributed by atoms with Crippen molar-refractivity contribution in [2.75, 3.05) is 0 Å². The molecule has 2 rings (SSSR count). The highest BCUT2D eigenvalue weighted by molar-refractivity contribution is 6.35. The number of aromatic nitrogens is 1. The van der Waals surface area contributed by atoms with Crippen molar-refractivity contribution in [2.45, 2.75) is 18.2 Å². The summed E-state index contributed by atoms with van der Waals surface area (Å²) in [7, 11) is 0. The summed E-state index contributed by atoms with van der Waals surface area (Å²) in [6.45, 7) is 2.07. The van der Waals surface area contributed by atoms with Gasteiger partial charge >= 0.3 is 0 Å². The standard InChI is InChI=1S/C14H12Cl3N/c1-9(10-2-4-18-5-3-10)14(17)11-6-12(15)8-13(16)7-11/h2-9,14H,1H3. The predicted octanol–water partition coefficient (Wildman–Crippen LogP) is 5.47. The highest BCUT2D eigenvalue weighted by Crippen LogP contribution is 2.37. The summed E-state index contributed by atoms with van der Waals surface area (Å²) in [5.74, 6) is 0.157. The van der Waals surface area contributed by atoms with E-state index < -0.39 is 0 Å². The molecular formula is C14H12Cl3N. The van der Waals surface area contributed by atoms with Crippen LogP contribution >= 0.6 is 34.8 Å². The Morgan fingerprint density at radius 3 is 2.06 bits per heavy atom. The summed E-state index contributed by atoms with van der Waals surface area (Å²) < 4.78 is 0. The van der Waals surface area contributed by atoms with Crippen LogP contribution < -0.4 is 0 Å². The molecule has 1 aromatic carbocycles. The first-order valence-electron chi connectivity index (χ1n) is 5.58. The monoisotopic (exact) mass is 299 g/mol. The lowest BCUT2D eigenvalue weighted by Gasteiger charge is -2.19. The fourth-order valence-electron chi connectivity index (χ4n) is 1.86. The van der Waals surface area contributed by atoms with Crippen LogP contribution in [0.5, 0.6) is 0 Å². The highest BCUT2D eigenvalue weighted by Gasteiger charge is 2.19. The molecule has 1 nitrogen and oxygen atoms in total. The Bertz CT molecular complexity index is 508. The number of hydrogen-bond donors (Lipinski definition) is 0. The maximum atomic E-state index is 6.50. The third-order valence-corrected chi connectivity index (χ3v) is 3.94. The largest absolute Gasteiger partial charge is 0.265 e. The Morgan fingerprint density at radius 1 is 0.944 bits per heavy atom. The normalized spacial score (nSPS) is 14.2. The van der Waals surface area contributed by atoms with Crippen molar-refractivity contribution in [3.05, 3.63) is 63.9 Å². The van der Waals surface area contributed by atoms with Crippen LogP contribution in [0.4, 0.5) is 0 Å². The smallest absolute Gasteiger partial charge is 0.0652 e. The van der Waals surface area contributed by atoms with Crippen molar-refractivity contribution in [2.24, 2.45) is 0 Å². The van der Waals surface area contributed by atoms with Crippen molar-refractivity contribution >= 4 is 34.8 Å². The van der Waals surface area contributed by atoms with E-state index in [1.807, 2.05) is 24.3 Å². The third-order valence-electron chi connectivity index (χ3n) is 2.87. The van der Waals surface area contributed by atoms with Crippen LogP contribution in [0, 0.1) is 0 Å². The molecule has 0 aliphatic heterocycles. The van der Waals surface area contributed by atoms with Gasteiger partial charge in [0, 0.05) is 28.4 Å². The van der Waals surface area contributed by atoms with E-state index >= 15 is 0 Å². The van der Waals surface area contributed by atoms with E-state index in [0.29, 0.717) is 10.0 Å². The summed E-state index contributed by atoms with van der Waals surface area (Å²) in [6, 6.07) is 9.33. The molecule has 1 aromatic heterocycles. The van der Waals surface area contributed by atoms with E-state index in [-0.39, 0.29) is 11.3 Å². The van der Waals surface area contributed by atoms with E-state index in [4.69, 9.17) is 34.8 Å². The van der Waals surface area contributed by atoms with Gasteiger partial charge in [-0.1, -0.05) is 30.1 Å². The lowest BCUT2D eigenvalue weighted by atomic mass is 9.94. The minimum atomic E-state index is -0.177. The van der Waals surface area contributed by atoms with E-state index in [2.05, 4.69) is 11.9 Å². The molecule has 2 atom stereocenters. The second-order valence-electron chi connectivity index (χ2n) is 4.17. The molecule has 0 saturated heterocycles. The third kappa shape index (κ3) is 3.17. The topological polar surface area (TPSA) is 12.9 Å². The molecule has 0 bridgehead atoms. The van der Waals surface area contributed by atoms with Gasteiger partial charge in [0.25, 0.3) is 0 Å². The Kier molecular flexibility index (Phi) is 4.50. The molecule has 0 spiro atoms. The molecule has 4 heteroatoms. The molecule has 0 saturated carbocycles. The van der Waals surface area contributed by atoms with Crippen LogP contribution in [-0.2, 0) is 0 Å². The van der Waals surface area contributed by atoms with Crippen molar-refractivity contribution in [3.63, 3.8) is 0 Å². The van der Waals surface area contributed by atoms with Crippen molar-refractivity contribution < 1.29 is 0 Å². The van der Waals surface area contributed by atoms with Crippen LogP contribution in [0.1, 0.15) is 29.3 Å². The zero-order chi connectivity index (χ0) is 13.1. The molecule has 0 fully saturated rings. The Hall–Kier alpha value is -0.760. The van der Waals surface area contributed by atoms with Gasteiger partial charge in [-0.3, -0.25) is 4.98 Å². The zero-order valence-electron chi connectivity index (χ0n) is 9.78. The van der Waals surface area contributed by atoms with E-state index in [1.165, 1.54) is 0 Å². The van der Waals surface area contributed by atoms with Gasteiger partial charge in [0.1, 0.15) is 0 Å². The average molecular weight is 301 g/mol. The van der Waals surface area contributed by atoms with Crippen LogP contribution in [0.3, 0.4) is 0 Å². The molecule has 0 aliphatic rings. The number of pyridine rings is 1. The Balaban J connectivity index is 2.28. The van der Waals surface area contributed by atoms with Gasteiger partial charge in [0.05, 0.1) is 5.38 Å². The van der Waals surface area contributed by atoms with Crippen LogP contribution in [-0.4, -0.2) is 4.98 Å². The quantitative estimate of drug-likeness (QED) is 0.685. The number of alkyl halides is 1. The average Bonchev–Trinajstić information content (AvgIpc) is 2.37. The number of rotatable bonds is 3. The van der Waals surface area contributed by atoms with Crippen LogP contribution in [0.25, 0.3) is 0 Å². The van der Waals surface area contributed by atoms with Gasteiger partial charge < -0.3 is 0 Å². The van der Waals surface area contributed by atoms with Crippen LogP contribution in [0.2, 0.25) is 10.0 Å². The Labute approximate surface area is 122 Å². The Morgan fingerprint density at radius 2 is 1.50 bits per heavy atom. The van der Waals surface area contributed by atoms with Gasteiger partial charge in [-0.2, -0.15) is 0 Å². The summed E-state index contributed by atoms with van der Waals surface area (Å²) >= 11 is 18.5. The minimum absolute atomic E-state index is 0.157. The summed E-state index contributed by atoms with van der Waals surface area (Å²) in [6.07, 6.45) is 3.53. The highest BCUT2D eigenvalue weighted by atomic mass is 35.5. The second kappa shape index (κ2) is 5.92. The maximum absolute atomic E-state index is 6.50. The minimum Gasteiger partial charge on any atom is -0.265 e. The molecule has 0 N–H and O–H groups in total. The molecule has 94 valence electrons. The van der Waals surface area contributed by atoms with Crippen molar-refractivity contribution in [1.82, 2.24) is 4.98 Å². The molecule has 18 heavy (non-hydrogen) atoms. The predicted molar refractivity (Wildman–Crippen MR) is 77.7 cm³/mol. The van der Waals surface area contributed by atoms with E-state index in [0.717, 1.165) is 11.1 Å². The number of halogens is 3. The first-order chi connectivity index (χ1) is 8.58. The maximum Gasteiger partial charge on any atom is 0.0652 e. The molecule has 0 amide bonds. The molecule has 1 heterocycles. The number of nitrogens with zero attached hydrogens (tertiary/aromatic N) is 1. The first-order valence-corrected chi connectivity index (χ1v) is 6.77. The first kappa shape index (κ1) is 13.7. The molecule has 2 unspecified atom stereocenters. The fourth-order valence-corrected chi connectivity index (χ4v) is 2.67. The lowest BCUT2D eigenvalue weighted by molar-refractivity contribution is 0.730. The van der Waals surface area contributed by atoms with Gasteiger partial charge in [0.15, 0.2) is 0 Å². The van der Waals surface area contributed by atoms with Crippen molar-refractivity contribution in [1.29, 1.82) is 0 Å². The van der Waals surface area contributed by atoms with Gasteiger partial charge in [-0.15, -0.1) is 11.6 Å². The van der Waals surface area contributed by atoms with Gasteiger partial charge in [-0.25, -0.2) is 0 Å². The number of hydrogen-bond acceptors (Lipinski definition) is 1. The lowest BCUT2D eigenvalue weighted by Crippen LogP contribution is -2.02. The van der Waals surface area contributed by atoms with Crippen LogP contribution in [0.15, 0.2) is 42.7 Å². The summed E-state index contributed by atoms with van der Waals surface area (Å²) in [5, 5.41) is 1.03. The molecular weight excluding hydrogens is 289 g/mol. The molecule has 0 aliphatic carbocycles. The van der Waals surface area contributed by atoms with Crippen molar-refractivity contribution in [3.8, 4) is 0 Å². The van der Waals surface area contributed by atoms with Gasteiger partial charge in [0.2, 0.25) is 0 Å². The van der Waals surface area contributed by atoms with E-state index in [9.17, 15) is 0 Å². The summed E-state index contributed by atoms with van der Waals surface area (Å²) in [5.41, 5.74) is 2.07. The molecule has 0 radical (unpaired) electrons. The zero-order valence-corrected chi connectivity index (χ0v) is 12.0. The van der Waals surface area contributed by atoms with E-state index in [1.54, 1.807) is 18.5 Å². The summed E-state index contributed by atoms with van der Waals surface area (Å²) in [4.78, 5) is 4.00. The SMILES string of the molecule is CC(c1ccncc1)C(Cl)c1cc(Cl)cc(Cl)c1. The fraction of sp³-hybridized carbons (Fsp3) is 0.214.